The van der Waals surface area contributed by atoms with Crippen molar-refractivity contribution in [3.63, 3.8) is 0 Å². The summed E-state index contributed by atoms with van der Waals surface area (Å²) in [6, 6.07) is 13.5. The van der Waals surface area contributed by atoms with Crippen LogP contribution >= 0.6 is 11.3 Å². The van der Waals surface area contributed by atoms with Crippen LogP contribution in [0, 0.1) is 6.92 Å². The predicted molar refractivity (Wildman–Crippen MR) is 106 cm³/mol. The lowest BCUT2D eigenvalue weighted by Gasteiger charge is -2.11. The Kier molecular flexibility index (Phi) is 5.32. The second-order valence-corrected chi connectivity index (χ2v) is 7.34. The van der Waals surface area contributed by atoms with Crippen LogP contribution < -0.4 is 10.6 Å². The largest absolute Gasteiger partial charge is 0.345 e. The van der Waals surface area contributed by atoms with E-state index in [1.807, 2.05) is 32.0 Å². The molecule has 3 rings (SSSR count). The van der Waals surface area contributed by atoms with Crippen LogP contribution in [0.3, 0.4) is 0 Å². The molecule has 1 aromatic heterocycles. The number of benzene rings is 2. The average molecular weight is 367 g/mol. The zero-order chi connectivity index (χ0) is 18.7. The lowest BCUT2D eigenvalue weighted by Crippen LogP contribution is -2.40. The van der Waals surface area contributed by atoms with E-state index in [2.05, 4.69) is 34.7 Å². The van der Waals surface area contributed by atoms with E-state index in [-0.39, 0.29) is 6.04 Å². The number of fused-ring (bicyclic) bond motifs is 1. The Balaban J connectivity index is 1.71. The number of aromatic nitrogens is 1. The fourth-order valence-corrected chi connectivity index (χ4v) is 3.50. The van der Waals surface area contributed by atoms with E-state index in [4.69, 9.17) is 0 Å². The Bertz CT molecular complexity index is 947. The first-order valence-corrected chi connectivity index (χ1v) is 9.37. The molecule has 0 aliphatic heterocycles. The summed E-state index contributed by atoms with van der Waals surface area (Å²) in [6.07, 6.45) is 0.773. The van der Waals surface area contributed by atoms with Crippen LogP contribution in [0.2, 0.25) is 0 Å². The Hall–Kier alpha value is -2.73. The summed E-state index contributed by atoms with van der Waals surface area (Å²) in [6.45, 7) is 5.87. The molecule has 5 nitrogen and oxygen atoms in total. The van der Waals surface area contributed by atoms with Crippen molar-refractivity contribution < 1.29 is 9.59 Å². The average Bonchev–Trinajstić information content (AvgIpc) is 3.05. The van der Waals surface area contributed by atoms with Gasteiger partial charge in [-0.1, -0.05) is 13.0 Å². The van der Waals surface area contributed by atoms with Gasteiger partial charge in [-0.3, -0.25) is 9.59 Å². The van der Waals surface area contributed by atoms with Gasteiger partial charge in [0, 0.05) is 17.3 Å². The number of nitrogens with one attached hydrogen (secondary N) is 2. The predicted octanol–water partition coefficient (Wildman–Crippen LogP) is 4.12. The maximum atomic E-state index is 11.9. The molecule has 0 aliphatic rings. The first-order valence-electron chi connectivity index (χ1n) is 8.55. The van der Waals surface area contributed by atoms with Crippen molar-refractivity contribution in [2.75, 3.05) is 5.32 Å². The Morgan fingerprint density at radius 2 is 1.85 bits per heavy atom. The van der Waals surface area contributed by atoms with Crippen LogP contribution in [-0.4, -0.2) is 22.8 Å². The van der Waals surface area contributed by atoms with Crippen LogP contribution in [0.4, 0.5) is 5.69 Å². The van der Waals surface area contributed by atoms with Crippen molar-refractivity contribution in [3.05, 3.63) is 48.0 Å². The number of carbonyl (C=O) groups is 2. The molecule has 134 valence electrons. The number of nitrogens with zero attached hydrogens (tertiary/aromatic N) is 1. The standard InChI is InChI=1S/C20H21N3O2S/c1-4-13(3)21-18(24)19(25)22-15-8-6-14(7-9-15)20-23-16-10-5-12(2)11-17(16)26-20/h5-11,13H,4H2,1-3H3,(H,21,24)(H,22,25). The molecule has 0 radical (unpaired) electrons. The minimum atomic E-state index is -0.659. The van der Waals surface area contributed by atoms with Gasteiger partial charge in [0.05, 0.1) is 10.2 Å². The summed E-state index contributed by atoms with van der Waals surface area (Å²) in [5, 5.41) is 6.19. The van der Waals surface area contributed by atoms with E-state index >= 15 is 0 Å². The number of thiazole rings is 1. The molecule has 0 fully saturated rings. The van der Waals surface area contributed by atoms with Gasteiger partial charge in [0.2, 0.25) is 0 Å². The number of aryl methyl sites for hydroxylation is 1. The van der Waals surface area contributed by atoms with Gasteiger partial charge in [0.25, 0.3) is 0 Å². The van der Waals surface area contributed by atoms with Crippen molar-refractivity contribution >= 4 is 39.1 Å². The number of hydrogen-bond acceptors (Lipinski definition) is 4. The van der Waals surface area contributed by atoms with E-state index in [0.717, 1.165) is 27.2 Å². The Morgan fingerprint density at radius 1 is 1.12 bits per heavy atom. The van der Waals surface area contributed by atoms with Gasteiger partial charge < -0.3 is 10.6 Å². The lowest BCUT2D eigenvalue weighted by molar-refractivity contribution is -0.136. The maximum absolute atomic E-state index is 11.9. The molecule has 0 saturated carbocycles. The van der Waals surface area contributed by atoms with Crippen molar-refractivity contribution in [2.45, 2.75) is 33.2 Å². The second-order valence-electron chi connectivity index (χ2n) is 6.30. The summed E-state index contributed by atoms with van der Waals surface area (Å²) in [5.74, 6) is -1.28. The normalized spacial score (nSPS) is 12.0. The SMILES string of the molecule is CCC(C)NC(=O)C(=O)Nc1ccc(-c2nc3ccc(C)cc3s2)cc1. The highest BCUT2D eigenvalue weighted by Crippen LogP contribution is 2.31. The zero-order valence-electron chi connectivity index (χ0n) is 15.0. The van der Waals surface area contributed by atoms with Crippen LogP contribution in [0.15, 0.2) is 42.5 Å². The third-order valence-electron chi connectivity index (χ3n) is 4.13. The first kappa shape index (κ1) is 18.1. The lowest BCUT2D eigenvalue weighted by atomic mass is 10.2. The molecule has 3 aromatic rings. The summed E-state index contributed by atoms with van der Waals surface area (Å²) in [4.78, 5) is 28.4. The van der Waals surface area contributed by atoms with E-state index in [1.165, 1.54) is 5.56 Å². The first-order chi connectivity index (χ1) is 12.5. The Labute approximate surface area is 156 Å². The molecule has 2 aromatic carbocycles. The minimum Gasteiger partial charge on any atom is -0.345 e. The smallest absolute Gasteiger partial charge is 0.313 e. The number of hydrogen-bond donors (Lipinski definition) is 2. The highest BCUT2D eigenvalue weighted by molar-refractivity contribution is 7.21. The van der Waals surface area contributed by atoms with Gasteiger partial charge in [0.15, 0.2) is 0 Å². The molecule has 0 spiro atoms. The molecule has 26 heavy (non-hydrogen) atoms. The van der Waals surface area contributed by atoms with Crippen LogP contribution in [0.1, 0.15) is 25.8 Å². The van der Waals surface area contributed by atoms with Gasteiger partial charge in [-0.2, -0.15) is 0 Å². The molecule has 1 atom stereocenters. The topological polar surface area (TPSA) is 71.1 Å². The molecule has 0 saturated heterocycles. The molecule has 1 heterocycles. The van der Waals surface area contributed by atoms with Crippen molar-refractivity contribution in [1.82, 2.24) is 10.3 Å². The maximum Gasteiger partial charge on any atom is 0.313 e. The van der Waals surface area contributed by atoms with Crippen LogP contribution in [0.25, 0.3) is 20.8 Å². The van der Waals surface area contributed by atoms with Crippen molar-refractivity contribution in [2.24, 2.45) is 0 Å². The van der Waals surface area contributed by atoms with Crippen LogP contribution in [-0.2, 0) is 9.59 Å². The highest BCUT2D eigenvalue weighted by atomic mass is 32.1. The molecule has 0 aliphatic carbocycles. The van der Waals surface area contributed by atoms with E-state index < -0.39 is 11.8 Å². The third kappa shape index (κ3) is 4.08. The van der Waals surface area contributed by atoms with Gasteiger partial charge in [-0.15, -0.1) is 11.3 Å². The van der Waals surface area contributed by atoms with E-state index in [9.17, 15) is 9.59 Å². The quantitative estimate of drug-likeness (QED) is 0.681. The molecule has 2 amide bonds. The minimum absolute atomic E-state index is 0.0294. The molecule has 1 unspecified atom stereocenters. The number of rotatable bonds is 4. The van der Waals surface area contributed by atoms with Gasteiger partial charge in [-0.25, -0.2) is 4.98 Å². The van der Waals surface area contributed by atoms with E-state index in [0.29, 0.717) is 5.69 Å². The van der Waals surface area contributed by atoms with Crippen molar-refractivity contribution in [1.29, 1.82) is 0 Å². The molecule has 6 heteroatoms. The summed E-state index contributed by atoms with van der Waals surface area (Å²) >= 11 is 1.64. The molecular formula is C20H21N3O2S. The number of amides is 2. The molecular weight excluding hydrogens is 346 g/mol. The summed E-state index contributed by atoms with van der Waals surface area (Å²) < 4.78 is 1.15. The highest BCUT2D eigenvalue weighted by Gasteiger charge is 2.15. The summed E-state index contributed by atoms with van der Waals surface area (Å²) in [5.41, 5.74) is 3.75. The van der Waals surface area contributed by atoms with E-state index in [1.54, 1.807) is 23.5 Å². The fraction of sp³-hybridized carbons (Fsp3) is 0.250. The summed E-state index contributed by atoms with van der Waals surface area (Å²) in [7, 11) is 0. The third-order valence-corrected chi connectivity index (χ3v) is 5.20. The monoisotopic (exact) mass is 367 g/mol. The second kappa shape index (κ2) is 7.66. The van der Waals surface area contributed by atoms with Crippen molar-refractivity contribution in [3.8, 4) is 10.6 Å². The van der Waals surface area contributed by atoms with Gasteiger partial charge in [0.1, 0.15) is 5.01 Å². The molecule has 0 bridgehead atoms. The van der Waals surface area contributed by atoms with Gasteiger partial charge in [-0.05, 0) is 62.2 Å². The number of carbonyl (C=O) groups excluding carboxylic acids is 2. The zero-order valence-corrected chi connectivity index (χ0v) is 15.8. The van der Waals surface area contributed by atoms with Crippen LogP contribution in [0.5, 0.6) is 0 Å². The fourth-order valence-electron chi connectivity index (χ4n) is 2.43. The Morgan fingerprint density at radius 3 is 2.54 bits per heavy atom. The molecule has 2 N–H and O–H groups in total. The number of anilines is 1. The van der Waals surface area contributed by atoms with Gasteiger partial charge >= 0.3 is 11.8 Å².